The number of para-hydroxylation sites is 1. The van der Waals surface area contributed by atoms with Gasteiger partial charge in [-0.05, 0) is 19.1 Å². The molecule has 0 bridgehead atoms. The van der Waals surface area contributed by atoms with Crippen molar-refractivity contribution in [1.29, 1.82) is 0 Å². The summed E-state index contributed by atoms with van der Waals surface area (Å²) in [7, 11) is 0. The molecule has 0 radical (unpaired) electrons. The van der Waals surface area contributed by atoms with Crippen molar-refractivity contribution in [3.63, 3.8) is 0 Å². The van der Waals surface area contributed by atoms with Crippen LogP contribution in [0.2, 0.25) is 0 Å². The van der Waals surface area contributed by atoms with E-state index >= 15 is 0 Å². The van der Waals surface area contributed by atoms with E-state index in [1.165, 1.54) is 0 Å². The third-order valence-electron chi connectivity index (χ3n) is 2.88. The topological polar surface area (TPSA) is 29.9 Å². The van der Waals surface area contributed by atoms with Crippen molar-refractivity contribution in [2.45, 2.75) is 31.1 Å². The number of benzene rings is 1. The Morgan fingerprint density at radius 2 is 2.05 bits per heavy atom. The van der Waals surface area contributed by atoms with Crippen molar-refractivity contribution in [2.24, 2.45) is 0 Å². The van der Waals surface area contributed by atoms with Gasteiger partial charge in [0.05, 0.1) is 24.3 Å². The average Bonchev–Trinajstić information content (AvgIpc) is 2.90. The number of anilines is 1. The summed E-state index contributed by atoms with van der Waals surface area (Å²) in [6, 6.07) is 7.01. The Kier molecular flexibility index (Phi) is 5.17. The Bertz CT molecular complexity index is 581. The molecule has 0 unspecified atom stereocenters. The number of imidazole rings is 1. The Morgan fingerprint density at radius 1 is 1.29 bits per heavy atom. The van der Waals surface area contributed by atoms with E-state index in [0.29, 0.717) is 17.1 Å². The number of thioether (sulfide) groups is 1. The van der Waals surface area contributed by atoms with Gasteiger partial charge in [-0.2, -0.15) is 13.2 Å². The van der Waals surface area contributed by atoms with Gasteiger partial charge in [0, 0.05) is 23.3 Å². The van der Waals surface area contributed by atoms with Crippen LogP contribution in [0.3, 0.4) is 0 Å². The molecule has 2 rings (SSSR count). The molecule has 1 aromatic carbocycles. The first-order valence-electron chi connectivity index (χ1n) is 6.51. The van der Waals surface area contributed by atoms with Gasteiger partial charge in [0.1, 0.15) is 0 Å². The van der Waals surface area contributed by atoms with Gasteiger partial charge in [-0.3, -0.25) is 0 Å². The van der Waals surface area contributed by atoms with Crippen LogP contribution in [0.5, 0.6) is 0 Å². The smallest absolute Gasteiger partial charge is 0.379 e. The quantitative estimate of drug-likeness (QED) is 0.811. The summed E-state index contributed by atoms with van der Waals surface area (Å²) in [5.41, 5.74) is 1.70. The molecule has 0 fully saturated rings. The first-order chi connectivity index (χ1) is 9.99. The van der Waals surface area contributed by atoms with Crippen LogP contribution in [0.4, 0.5) is 18.9 Å². The van der Waals surface area contributed by atoms with Crippen LogP contribution in [0.25, 0.3) is 0 Å². The lowest BCUT2D eigenvalue weighted by atomic mass is 10.3. The number of nitrogens with zero attached hydrogens (tertiary/aromatic N) is 2. The molecule has 0 spiro atoms. The van der Waals surface area contributed by atoms with Crippen LogP contribution >= 0.6 is 11.8 Å². The lowest BCUT2D eigenvalue weighted by molar-refractivity contribution is -0.105. The highest BCUT2D eigenvalue weighted by Gasteiger charge is 2.27. The van der Waals surface area contributed by atoms with Crippen LogP contribution in [0, 0.1) is 0 Å². The van der Waals surface area contributed by atoms with Crippen molar-refractivity contribution in [3.8, 4) is 0 Å². The zero-order valence-electron chi connectivity index (χ0n) is 11.5. The second-order valence-corrected chi connectivity index (χ2v) is 5.44. The molecule has 0 saturated heterocycles. The Labute approximate surface area is 125 Å². The minimum absolute atomic E-state index is 0.525. The summed E-state index contributed by atoms with van der Waals surface area (Å²) >= 11 is 0.791. The number of hydrogen-bond acceptors (Lipinski definition) is 3. The molecule has 21 heavy (non-hydrogen) atoms. The maximum absolute atomic E-state index is 12.3. The van der Waals surface area contributed by atoms with Gasteiger partial charge in [0.25, 0.3) is 0 Å². The first-order valence-corrected chi connectivity index (χ1v) is 7.49. The van der Waals surface area contributed by atoms with E-state index < -0.39 is 11.9 Å². The molecule has 1 aromatic heterocycles. The molecule has 0 amide bonds. The fraction of sp³-hybridized carbons (Fsp3) is 0.357. The maximum Gasteiger partial charge on any atom is 0.398 e. The highest BCUT2D eigenvalue weighted by molar-refractivity contribution is 7.99. The molecular weight excluding hydrogens is 299 g/mol. The number of aryl methyl sites for hydroxylation is 1. The molecule has 0 aliphatic carbocycles. The summed E-state index contributed by atoms with van der Waals surface area (Å²) in [5, 5.41) is 3.18. The largest absolute Gasteiger partial charge is 0.398 e. The molecular formula is C14H16F3N3S. The highest BCUT2D eigenvalue weighted by atomic mass is 32.2. The highest BCUT2D eigenvalue weighted by Crippen LogP contribution is 2.32. The molecule has 1 N–H and O–H groups in total. The fourth-order valence-corrected chi connectivity index (χ4v) is 2.65. The summed E-state index contributed by atoms with van der Waals surface area (Å²) < 4.78 is 39.0. The van der Waals surface area contributed by atoms with Crippen LogP contribution < -0.4 is 5.32 Å². The lowest BCUT2D eigenvalue weighted by Gasteiger charge is -2.13. The summed E-state index contributed by atoms with van der Waals surface area (Å²) in [6.07, 6.45) is -0.679. The fourth-order valence-electron chi connectivity index (χ4n) is 1.86. The van der Waals surface area contributed by atoms with Gasteiger partial charge in [-0.25, -0.2) is 4.98 Å². The van der Waals surface area contributed by atoms with Crippen LogP contribution in [0.1, 0.15) is 12.6 Å². The summed E-state index contributed by atoms with van der Waals surface area (Å²) in [6.45, 7) is 3.34. The number of hydrogen-bond donors (Lipinski definition) is 1. The number of aromatic nitrogens is 2. The maximum atomic E-state index is 12.3. The zero-order valence-corrected chi connectivity index (χ0v) is 12.3. The molecule has 0 aliphatic rings. The monoisotopic (exact) mass is 315 g/mol. The molecule has 7 heteroatoms. The second-order valence-electron chi connectivity index (χ2n) is 4.42. The minimum Gasteiger partial charge on any atom is -0.379 e. The third kappa shape index (κ3) is 4.70. The van der Waals surface area contributed by atoms with E-state index in [9.17, 15) is 13.2 Å². The minimum atomic E-state index is -4.17. The SMILES string of the molecule is CCn1cncc1CNc1ccccc1SCC(F)(F)F. The van der Waals surface area contributed by atoms with Crippen LogP contribution in [-0.4, -0.2) is 21.5 Å². The molecule has 114 valence electrons. The predicted molar refractivity (Wildman–Crippen MR) is 78.4 cm³/mol. The number of rotatable bonds is 6. The molecule has 3 nitrogen and oxygen atoms in total. The Morgan fingerprint density at radius 3 is 2.76 bits per heavy atom. The molecule has 0 saturated carbocycles. The van der Waals surface area contributed by atoms with Gasteiger partial charge >= 0.3 is 6.18 Å². The van der Waals surface area contributed by atoms with Gasteiger partial charge in [0.2, 0.25) is 0 Å². The molecule has 0 aliphatic heterocycles. The second kappa shape index (κ2) is 6.89. The Balaban J connectivity index is 2.03. The number of halogens is 3. The lowest BCUT2D eigenvalue weighted by Crippen LogP contribution is -2.11. The predicted octanol–water partition coefficient (Wildman–Crippen LogP) is 4.17. The van der Waals surface area contributed by atoms with E-state index in [1.54, 1.807) is 36.8 Å². The van der Waals surface area contributed by atoms with Crippen molar-refractivity contribution < 1.29 is 13.2 Å². The first kappa shape index (κ1) is 15.8. The van der Waals surface area contributed by atoms with Gasteiger partial charge < -0.3 is 9.88 Å². The molecule has 0 atom stereocenters. The standard InChI is InChI=1S/C14H16F3N3S/c1-2-20-10-18-7-11(20)8-19-12-5-3-4-6-13(12)21-9-14(15,16)17/h3-7,10,19H,2,8-9H2,1H3. The van der Waals surface area contributed by atoms with Crippen molar-refractivity contribution in [1.82, 2.24) is 9.55 Å². The van der Waals surface area contributed by atoms with Crippen LogP contribution in [0.15, 0.2) is 41.7 Å². The average molecular weight is 315 g/mol. The molecule has 1 heterocycles. The van der Waals surface area contributed by atoms with E-state index in [4.69, 9.17) is 0 Å². The third-order valence-corrected chi connectivity index (χ3v) is 4.02. The Hall–Kier alpha value is -1.63. The van der Waals surface area contributed by atoms with E-state index in [0.717, 1.165) is 24.0 Å². The van der Waals surface area contributed by atoms with Gasteiger partial charge in [-0.15, -0.1) is 11.8 Å². The van der Waals surface area contributed by atoms with E-state index in [-0.39, 0.29) is 0 Å². The van der Waals surface area contributed by atoms with Crippen molar-refractivity contribution in [2.75, 3.05) is 11.1 Å². The number of alkyl halides is 3. The van der Waals surface area contributed by atoms with Gasteiger partial charge in [0.15, 0.2) is 0 Å². The normalized spacial score (nSPS) is 11.6. The summed E-state index contributed by atoms with van der Waals surface area (Å²) in [4.78, 5) is 4.66. The van der Waals surface area contributed by atoms with Crippen LogP contribution in [-0.2, 0) is 13.1 Å². The number of nitrogens with one attached hydrogen (secondary N) is 1. The summed E-state index contributed by atoms with van der Waals surface area (Å²) in [5.74, 6) is -0.890. The van der Waals surface area contributed by atoms with E-state index in [2.05, 4.69) is 10.3 Å². The zero-order chi connectivity index (χ0) is 15.3. The molecule has 2 aromatic rings. The van der Waals surface area contributed by atoms with Gasteiger partial charge in [-0.1, -0.05) is 12.1 Å². The van der Waals surface area contributed by atoms with Crippen molar-refractivity contribution in [3.05, 3.63) is 42.5 Å². The van der Waals surface area contributed by atoms with E-state index in [1.807, 2.05) is 11.5 Å². The van der Waals surface area contributed by atoms with Crippen molar-refractivity contribution >= 4 is 17.4 Å².